The number of aryl methyl sites for hydroxylation is 3. The summed E-state index contributed by atoms with van der Waals surface area (Å²) in [6.07, 6.45) is 0.433. The topological polar surface area (TPSA) is 91.0 Å². The number of carbonyl (C=O) groups excluding carboxylic acids is 1. The fraction of sp³-hybridized carbons (Fsp3) is 0.250. The number of ether oxygens (including phenoxy) is 1. The third-order valence-corrected chi connectivity index (χ3v) is 5.36. The summed E-state index contributed by atoms with van der Waals surface area (Å²) in [5.41, 5.74) is 3.97. The van der Waals surface area contributed by atoms with E-state index in [0.29, 0.717) is 23.4 Å². The summed E-state index contributed by atoms with van der Waals surface area (Å²) in [6.45, 7) is 2.28. The van der Waals surface area contributed by atoms with Gasteiger partial charge in [-0.05, 0) is 36.8 Å². The highest BCUT2D eigenvalue weighted by molar-refractivity contribution is 5.77. The smallest absolute Gasteiger partial charge is 0.273 e. The maximum atomic E-state index is 12.9. The molecule has 0 bridgehead atoms. The second-order valence-corrected chi connectivity index (χ2v) is 7.55. The number of nitrogens with one attached hydrogen (secondary N) is 1. The molecule has 8 nitrogen and oxygen atoms in total. The SMILES string of the molecule is COc1ccc(CNC(=O)CCc2nc3c(C)nn(-c4ccccc4)c3n(C)c2=O)cc1. The van der Waals surface area contributed by atoms with Gasteiger partial charge in [0.1, 0.15) is 17.0 Å². The van der Waals surface area contributed by atoms with Crippen molar-refractivity contribution in [3.63, 3.8) is 0 Å². The Morgan fingerprint density at radius 2 is 1.81 bits per heavy atom. The van der Waals surface area contributed by atoms with Gasteiger partial charge in [0.05, 0.1) is 18.5 Å². The number of amides is 1. The second kappa shape index (κ2) is 9.05. The number of methoxy groups -OCH3 is 1. The normalized spacial score (nSPS) is 11.0. The summed E-state index contributed by atoms with van der Waals surface area (Å²) < 4.78 is 8.42. The lowest BCUT2D eigenvalue weighted by atomic mass is 10.2. The van der Waals surface area contributed by atoms with Gasteiger partial charge < -0.3 is 10.1 Å². The number of aromatic nitrogens is 4. The Kier molecular flexibility index (Phi) is 6.02. The first-order valence-corrected chi connectivity index (χ1v) is 10.4. The van der Waals surface area contributed by atoms with Crippen LogP contribution in [0.25, 0.3) is 16.9 Å². The molecule has 164 valence electrons. The van der Waals surface area contributed by atoms with Gasteiger partial charge in [-0.15, -0.1) is 0 Å². The van der Waals surface area contributed by atoms with Gasteiger partial charge >= 0.3 is 0 Å². The molecule has 0 aliphatic rings. The second-order valence-electron chi connectivity index (χ2n) is 7.55. The molecule has 0 saturated heterocycles. The zero-order valence-corrected chi connectivity index (χ0v) is 18.3. The van der Waals surface area contributed by atoms with E-state index in [9.17, 15) is 9.59 Å². The Balaban J connectivity index is 1.50. The molecule has 8 heteroatoms. The number of fused-ring (bicyclic) bond motifs is 1. The van der Waals surface area contributed by atoms with Crippen LogP contribution in [0.3, 0.4) is 0 Å². The van der Waals surface area contributed by atoms with Gasteiger partial charge in [-0.1, -0.05) is 30.3 Å². The largest absolute Gasteiger partial charge is 0.497 e. The Hall–Kier alpha value is -3.94. The monoisotopic (exact) mass is 431 g/mol. The van der Waals surface area contributed by atoms with Gasteiger partial charge in [0.15, 0.2) is 5.65 Å². The van der Waals surface area contributed by atoms with Crippen LogP contribution in [-0.4, -0.2) is 32.3 Å². The maximum Gasteiger partial charge on any atom is 0.273 e. The van der Waals surface area contributed by atoms with Crippen molar-refractivity contribution in [2.45, 2.75) is 26.3 Å². The van der Waals surface area contributed by atoms with Crippen LogP contribution in [0.4, 0.5) is 0 Å². The van der Waals surface area contributed by atoms with Crippen molar-refractivity contribution < 1.29 is 9.53 Å². The zero-order chi connectivity index (χ0) is 22.7. The molecule has 0 atom stereocenters. The first kappa shape index (κ1) is 21.3. The molecule has 0 unspecified atom stereocenters. The van der Waals surface area contributed by atoms with E-state index in [1.807, 2.05) is 61.5 Å². The Bertz CT molecular complexity index is 1310. The van der Waals surface area contributed by atoms with Crippen molar-refractivity contribution in [3.8, 4) is 11.4 Å². The lowest BCUT2D eigenvalue weighted by molar-refractivity contribution is -0.121. The summed E-state index contributed by atoms with van der Waals surface area (Å²) in [5, 5.41) is 7.46. The fourth-order valence-electron chi connectivity index (χ4n) is 3.59. The van der Waals surface area contributed by atoms with Crippen LogP contribution in [-0.2, 0) is 24.8 Å². The van der Waals surface area contributed by atoms with E-state index < -0.39 is 0 Å². The van der Waals surface area contributed by atoms with Crippen molar-refractivity contribution >= 4 is 17.1 Å². The number of hydrogen-bond acceptors (Lipinski definition) is 5. The fourth-order valence-corrected chi connectivity index (χ4v) is 3.59. The van der Waals surface area contributed by atoms with Gasteiger partial charge in [0.25, 0.3) is 5.56 Å². The van der Waals surface area contributed by atoms with Crippen LogP contribution < -0.4 is 15.6 Å². The number of para-hydroxylation sites is 1. The number of rotatable bonds is 7. The molecule has 2 heterocycles. The Morgan fingerprint density at radius 3 is 2.50 bits per heavy atom. The van der Waals surface area contributed by atoms with Crippen molar-refractivity contribution in [1.82, 2.24) is 24.6 Å². The average molecular weight is 431 g/mol. The number of benzene rings is 2. The lowest BCUT2D eigenvalue weighted by Crippen LogP contribution is -2.27. The first-order chi connectivity index (χ1) is 15.5. The Morgan fingerprint density at radius 1 is 1.09 bits per heavy atom. The molecule has 0 radical (unpaired) electrons. The van der Waals surface area contributed by atoms with Crippen LogP contribution in [0.5, 0.6) is 5.75 Å². The molecule has 0 saturated carbocycles. The molecule has 4 aromatic rings. The first-order valence-electron chi connectivity index (χ1n) is 10.4. The van der Waals surface area contributed by atoms with E-state index in [4.69, 9.17) is 4.74 Å². The lowest BCUT2D eigenvalue weighted by Gasteiger charge is -2.09. The van der Waals surface area contributed by atoms with Crippen molar-refractivity contribution in [1.29, 1.82) is 0 Å². The van der Waals surface area contributed by atoms with E-state index >= 15 is 0 Å². The Labute approximate surface area is 185 Å². The highest BCUT2D eigenvalue weighted by Crippen LogP contribution is 2.19. The summed E-state index contributed by atoms with van der Waals surface area (Å²) in [5.74, 6) is 0.629. The standard InChI is InChI=1S/C24H25N5O3/c1-16-22-23(29(27-16)18-7-5-4-6-8-18)28(2)24(31)20(26-22)13-14-21(30)25-15-17-9-11-19(32-3)12-10-17/h4-12H,13-15H2,1-3H3,(H,25,30). The summed E-state index contributed by atoms with van der Waals surface area (Å²) >= 11 is 0. The minimum atomic E-state index is -0.225. The van der Waals surface area contributed by atoms with Crippen LogP contribution in [0, 0.1) is 6.92 Å². The average Bonchev–Trinajstić information content (AvgIpc) is 3.16. The predicted octanol–water partition coefficient (Wildman–Crippen LogP) is 2.69. The van der Waals surface area contributed by atoms with Gasteiger partial charge in [0, 0.05) is 26.4 Å². The molecule has 0 fully saturated rings. The van der Waals surface area contributed by atoms with Gasteiger partial charge in [-0.3, -0.25) is 14.2 Å². The van der Waals surface area contributed by atoms with E-state index in [2.05, 4.69) is 15.4 Å². The van der Waals surface area contributed by atoms with Crippen molar-refractivity contribution in [2.75, 3.05) is 7.11 Å². The zero-order valence-electron chi connectivity index (χ0n) is 18.3. The van der Waals surface area contributed by atoms with E-state index in [-0.39, 0.29) is 24.3 Å². The molecular formula is C24H25N5O3. The third kappa shape index (κ3) is 4.25. The third-order valence-electron chi connectivity index (χ3n) is 5.36. The summed E-state index contributed by atoms with van der Waals surface area (Å²) in [7, 11) is 3.32. The quantitative estimate of drug-likeness (QED) is 0.486. The minimum absolute atomic E-state index is 0.138. The van der Waals surface area contributed by atoms with Crippen LogP contribution in [0.1, 0.15) is 23.4 Å². The highest BCUT2D eigenvalue weighted by atomic mass is 16.5. The van der Waals surface area contributed by atoms with Gasteiger partial charge in [-0.25, -0.2) is 9.67 Å². The van der Waals surface area contributed by atoms with E-state index in [0.717, 1.165) is 22.7 Å². The molecule has 32 heavy (non-hydrogen) atoms. The number of nitrogens with zero attached hydrogens (tertiary/aromatic N) is 4. The van der Waals surface area contributed by atoms with E-state index in [1.165, 1.54) is 0 Å². The molecule has 1 amide bonds. The predicted molar refractivity (Wildman–Crippen MR) is 122 cm³/mol. The van der Waals surface area contributed by atoms with Gasteiger partial charge in [0.2, 0.25) is 5.91 Å². The molecule has 0 aliphatic heterocycles. The summed E-state index contributed by atoms with van der Waals surface area (Å²) in [4.78, 5) is 29.9. The molecule has 2 aromatic heterocycles. The minimum Gasteiger partial charge on any atom is -0.497 e. The van der Waals surface area contributed by atoms with Crippen molar-refractivity contribution in [2.24, 2.45) is 7.05 Å². The van der Waals surface area contributed by atoms with Gasteiger partial charge in [-0.2, -0.15) is 5.10 Å². The highest BCUT2D eigenvalue weighted by Gasteiger charge is 2.18. The molecule has 1 N–H and O–H groups in total. The molecule has 0 spiro atoms. The molecular weight excluding hydrogens is 406 g/mol. The van der Waals surface area contributed by atoms with E-state index in [1.54, 1.807) is 23.4 Å². The maximum absolute atomic E-state index is 12.9. The molecule has 0 aliphatic carbocycles. The van der Waals surface area contributed by atoms with Crippen LogP contribution in [0.2, 0.25) is 0 Å². The van der Waals surface area contributed by atoms with Crippen LogP contribution in [0.15, 0.2) is 59.4 Å². The van der Waals surface area contributed by atoms with Crippen LogP contribution >= 0.6 is 0 Å². The number of hydrogen-bond donors (Lipinski definition) is 1. The van der Waals surface area contributed by atoms with Crippen molar-refractivity contribution in [3.05, 3.63) is 81.9 Å². The number of carbonyl (C=O) groups is 1. The molecule has 4 rings (SSSR count). The summed E-state index contributed by atoms with van der Waals surface area (Å²) in [6, 6.07) is 17.1. The molecule has 2 aromatic carbocycles.